The molecule has 0 saturated heterocycles. The summed E-state index contributed by atoms with van der Waals surface area (Å²) in [4.78, 5) is 33.6. The van der Waals surface area contributed by atoms with Crippen molar-refractivity contribution in [3.05, 3.63) is 176 Å². The number of nitrogens with zero attached hydrogens (tertiary/aromatic N) is 7. The van der Waals surface area contributed by atoms with Gasteiger partial charge in [0.05, 0.1) is 22.8 Å². The second kappa shape index (κ2) is 13.6. The van der Waals surface area contributed by atoms with Crippen LogP contribution in [-0.4, -0.2) is 34.9 Å². The first kappa shape index (κ1) is 30.8. The number of hydrogen-bond donors (Lipinski definition) is 0. The van der Waals surface area contributed by atoms with Crippen molar-refractivity contribution in [2.75, 3.05) is 0 Å². The monoisotopic (exact) mass is 667 g/mol. The van der Waals surface area contributed by atoms with Crippen LogP contribution in [-0.2, 0) is 0 Å². The summed E-state index contributed by atoms with van der Waals surface area (Å²) in [7, 11) is 0. The van der Waals surface area contributed by atoms with Gasteiger partial charge in [0.25, 0.3) is 0 Å². The average Bonchev–Trinajstić information content (AvgIpc) is 3.24. The Morgan fingerprint density at radius 2 is 0.788 bits per heavy atom. The van der Waals surface area contributed by atoms with Crippen molar-refractivity contribution < 1.29 is 0 Å². The molecule has 0 N–H and O–H groups in total. The maximum Gasteiger partial charge on any atom is 0.182 e. The van der Waals surface area contributed by atoms with Crippen LogP contribution in [0.1, 0.15) is 0 Å². The molecular weight excluding hydrogens is 639 g/mol. The molecule has 7 nitrogen and oxygen atoms in total. The maximum absolute atomic E-state index is 4.98. The lowest BCUT2D eigenvalue weighted by molar-refractivity contribution is 1.06. The van der Waals surface area contributed by atoms with Gasteiger partial charge >= 0.3 is 0 Å². The molecule has 9 aromatic rings. The van der Waals surface area contributed by atoms with Gasteiger partial charge in [-0.05, 0) is 69.9 Å². The fourth-order valence-corrected chi connectivity index (χ4v) is 6.39. The molecule has 52 heavy (non-hydrogen) atoms. The van der Waals surface area contributed by atoms with Crippen LogP contribution in [0.3, 0.4) is 0 Å². The van der Waals surface area contributed by atoms with Crippen LogP contribution < -0.4 is 0 Å². The molecule has 0 saturated carbocycles. The summed E-state index contributed by atoms with van der Waals surface area (Å²) in [5.41, 5.74) is 9.88. The molecule has 0 radical (unpaired) electrons. The molecule has 7 heteroatoms. The van der Waals surface area contributed by atoms with Crippen molar-refractivity contribution in [1.82, 2.24) is 34.9 Å². The predicted octanol–water partition coefficient (Wildman–Crippen LogP) is 10.3. The molecular formula is C45H29N7. The van der Waals surface area contributed by atoms with Gasteiger partial charge in [-0.3, -0.25) is 15.0 Å². The summed E-state index contributed by atoms with van der Waals surface area (Å²) >= 11 is 0. The van der Waals surface area contributed by atoms with E-state index < -0.39 is 0 Å². The second-order valence-corrected chi connectivity index (χ2v) is 12.2. The van der Waals surface area contributed by atoms with Gasteiger partial charge in [0.1, 0.15) is 5.69 Å². The summed E-state index contributed by atoms with van der Waals surface area (Å²) < 4.78 is 0. The van der Waals surface area contributed by atoms with Crippen LogP contribution in [0.5, 0.6) is 0 Å². The molecule has 0 spiro atoms. The minimum Gasteiger partial charge on any atom is -0.255 e. The maximum atomic E-state index is 4.98. The molecule has 0 aliphatic carbocycles. The summed E-state index contributed by atoms with van der Waals surface area (Å²) in [6, 6.07) is 52.8. The fraction of sp³-hybridized carbons (Fsp3) is 0. The first-order valence-corrected chi connectivity index (χ1v) is 17.0. The number of aromatic nitrogens is 7. The van der Waals surface area contributed by atoms with Crippen molar-refractivity contribution in [3.63, 3.8) is 0 Å². The molecule has 0 fully saturated rings. The van der Waals surface area contributed by atoms with E-state index in [4.69, 9.17) is 24.9 Å². The molecule has 0 unspecified atom stereocenters. The smallest absolute Gasteiger partial charge is 0.182 e. The van der Waals surface area contributed by atoms with Crippen molar-refractivity contribution >= 4 is 10.8 Å². The molecule has 9 rings (SSSR count). The topological polar surface area (TPSA) is 90.2 Å². The third kappa shape index (κ3) is 6.08. The normalized spacial score (nSPS) is 11.1. The van der Waals surface area contributed by atoms with Gasteiger partial charge in [0, 0.05) is 35.3 Å². The molecule has 244 valence electrons. The summed E-state index contributed by atoms with van der Waals surface area (Å²) in [5.74, 6) is 1.72. The minimum absolute atomic E-state index is 0.518. The van der Waals surface area contributed by atoms with Gasteiger partial charge < -0.3 is 0 Å². The summed E-state index contributed by atoms with van der Waals surface area (Å²) in [5, 5.41) is 2.23. The molecule has 0 amide bonds. The number of pyridine rings is 4. The van der Waals surface area contributed by atoms with E-state index in [0.717, 1.165) is 66.9 Å². The lowest BCUT2D eigenvalue weighted by Gasteiger charge is -2.14. The van der Waals surface area contributed by atoms with E-state index >= 15 is 0 Å². The van der Waals surface area contributed by atoms with E-state index in [-0.39, 0.29) is 0 Å². The lowest BCUT2D eigenvalue weighted by atomic mass is 9.92. The molecule has 0 aliphatic rings. The SMILES string of the molecule is c1ccc(-c2nc(-c3ccccc3)nc(-c3ccc(-c4ccc(-c5cc(-c6ccccn6)nc(-c6ccccn6)c5)c5ccccc45)cn3)n2)cc1. The lowest BCUT2D eigenvalue weighted by Crippen LogP contribution is -2.01. The van der Waals surface area contributed by atoms with Crippen LogP contribution in [0.15, 0.2) is 176 Å². The molecule has 0 atom stereocenters. The van der Waals surface area contributed by atoms with E-state index in [2.05, 4.69) is 64.6 Å². The predicted molar refractivity (Wildman–Crippen MR) is 207 cm³/mol. The van der Waals surface area contributed by atoms with Gasteiger partial charge in [0.15, 0.2) is 17.5 Å². The summed E-state index contributed by atoms with van der Waals surface area (Å²) in [6.07, 6.45) is 5.48. The number of benzene rings is 4. The Labute approximate surface area is 300 Å². The van der Waals surface area contributed by atoms with E-state index in [9.17, 15) is 0 Å². The molecule has 4 aromatic carbocycles. The van der Waals surface area contributed by atoms with Crippen LogP contribution >= 0.6 is 0 Å². The Hall–Kier alpha value is -7.25. The molecule has 0 aliphatic heterocycles. The van der Waals surface area contributed by atoms with Crippen LogP contribution in [0.4, 0.5) is 0 Å². The largest absolute Gasteiger partial charge is 0.255 e. The van der Waals surface area contributed by atoms with Crippen molar-refractivity contribution in [2.45, 2.75) is 0 Å². The standard InChI is InChI=1S/C45H29N7/c1-3-13-30(14-4-1)43-50-44(31-15-5-2-6-16-31)52-45(51-43)40-24-21-32(29-48-40)34-22-23-35(37-18-8-7-17-36(34)37)33-27-41(38-19-9-11-25-46-38)49-42(28-33)39-20-10-12-26-47-39/h1-29H. The van der Waals surface area contributed by atoms with E-state index in [0.29, 0.717) is 23.2 Å². The first-order chi connectivity index (χ1) is 25.8. The highest BCUT2D eigenvalue weighted by atomic mass is 15.0. The Kier molecular flexibility index (Phi) is 8.04. The number of hydrogen-bond acceptors (Lipinski definition) is 7. The van der Waals surface area contributed by atoms with E-state index in [1.54, 1.807) is 12.4 Å². The first-order valence-electron chi connectivity index (χ1n) is 17.0. The zero-order valence-electron chi connectivity index (χ0n) is 27.9. The second-order valence-electron chi connectivity index (χ2n) is 12.2. The highest BCUT2D eigenvalue weighted by Gasteiger charge is 2.16. The van der Waals surface area contributed by atoms with Gasteiger partial charge in [-0.25, -0.2) is 19.9 Å². The molecule has 5 heterocycles. The van der Waals surface area contributed by atoms with Crippen molar-refractivity contribution in [1.29, 1.82) is 0 Å². The van der Waals surface area contributed by atoms with Crippen LogP contribution in [0.25, 0.3) is 90.1 Å². The van der Waals surface area contributed by atoms with Crippen LogP contribution in [0.2, 0.25) is 0 Å². The Morgan fingerprint density at radius 1 is 0.288 bits per heavy atom. The van der Waals surface area contributed by atoms with Crippen molar-refractivity contribution in [3.8, 4) is 79.3 Å². The van der Waals surface area contributed by atoms with E-state index in [1.807, 2.05) is 109 Å². The Bertz CT molecular complexity index is 2530. The zero-order chi connectivity index (χ0) is 34.7. The Morgan fingerprint density at radius 3 is 1.29 bits per heavy atom. The number of rotatable bonds is 7. The number of fused-ring (bicyclic) bond motifs is 1. The Balaban J connectivity index is 1.13. The fourth-order valence-electron chi connectivity index (χ4n) is 6.39. The summed E-state index contributed by atoms with van der Waals surface area (Å²) in [6.45, 7) is 0. The van der Waals surface area contributed by atoms with Gasteiger partial charge in [-0.1, -0.05) is 115 Å². The average molecular weight is 668 g/mol. The highest BCUT2D eigenvalue weighted by molar-refractivity contribution is 6.05. The van der Waals surface area contributed by atoms with Gasteiger partial charge in [0.2, 0.25) is 0 Å². The quantitative estimate of drug-likeness (QED) is 0.167. The molecule has 0 bridgehead atoms. The van der Waals surface area contributed by atoms with Gasteiger partial charge in [-0.15, -0.1) is 0 Å². The molecule has 5 aromatic heterocycles. The highest BCUT2D eigenvalue weighted by Crippen LogP contribution is 2.38. The van der Waals surface area contributed by atoms with E-state index in [1.165, 1.54) is 0 Å². The third-order valence-corrected chi connectivity index (χ3v) is 8.92. The van der Waals surface area contributed by atoms with Crippen LogP contribution in [0, 0.1) is 0 Å². The minimum atomic E-state index is 0.518. The van der Waals surface area contributed by atoms with Crippen molar-refractivity contribution in [2.24, 2.45) is 0 Å². The van der Waals surface area contributed by atoms with Gasteiger partial charge in [-0.2, -0.15) is 0 Å². The zero-order valence-corrected chi connectivity index (χ0v) is 27.9. The third-order valence-electron chi connectivity index (χ3n) is 8.92.